The van der Waals surface area contributed by atoms with E-state index >= 15 is 0 Å². The van der Waals surface area contributed by atoms with E-state index in [0.717, 1.165) is 17.0 Å². The average Bonchev–Trinajstić information content (AvgIpc) is 3.35. The predicted octanol–water partition coefficient (Wildman–Crippen LogP) is 3.65. The first-order valence-corrected chi connectivity index (χ1v) is 11.1. The lowest BCUT2D eigenvalue weighted by atomic mass is 9.71. The summed E-state index contributed by atoms with van der Waals surface area (Å²) < 4.78 is 67.5. The van der Waals surface area contributed by atoms with Gasteiger partial charge < -0.3 is 10.2 Å². The number of carbonyl (C=O) groups excluding carboxylic acids is 3. The van der Waals surface area contributed by atoms with Gasteiger partial charge in [-0.1, -0.05) is 11.6 Å². The van der Waals surface area contributed by atoms with Gasteiger partial charge in [-0.25, -0.2) is 22.0 Å². The summed E-state index contributed by atoms with van der Waals surface area (Å²) in [6, 6.07) is 0.698. The van der Waals surface area contributed by atoms with Crippen LogP contribution in [0.4, 0.5) is 22.0 Å². The molecule has 188 valence electrons. The molecule has 2 atom stereocenters. The number of Topliss-reactive ketones (excluding diaryl/α,β-unsaturated/α-hetero) is 1. The van der Waals surface area contributed by atoms with Gasteiger partial charge in [-0.3, -0.25) is 14.4 Å². The molecule has 2 fully saturated rings. The summed E-state index contributed by atoms with van der Waals surface area (Å²) in [6.07, 6.45) is -1.79. The molecule has 1 N–H and O–H groups in total. The molecule has 0 unspecified atom stereocenters. The number of alkyl halides is 2. The summed E-state index contributed by atoms with van der Waals surface area (Å²) in [4.78, 5) is 39.5. The van der Waals surface area contributed by atoms with Crippen LogP contribution in [0.15, 0.2) is 33.1 Å². The lowest BCUT2D eigenvalue weighted by Gasteiger charge is -2.47. The number of nitrogens with zero attached hydrogens (tertiary/aromatic N) is 3. The molecule has 13 heteroatoms. The van der Waals surface area contributed by atoms with E-state index in [4.69, 9.17) is 11.6 Å². The third-order valence-corrected chi connectivity index (χ3v) is 6.91. The van der Waals surface area contributed by atoms with Crippen molar-refractivity contribution in [2.75, 3.05) is 13.1 Å². The average molecular weight is 519 g/mol. The van der Waals surface area contributed by atoms with Gasteiger partial charge in [-0.15, -0.1) is 0 Å². The zero-order valence-electron chi connectivity index (χ0n) is 18.4. The van der Waals surface area contributed by atoms with Gasteiger partial charge in [0, 0.05) is 37.8 Å². The largest absolute Gasteiger partial charge is 0.336 e. The molecule has 1 saturated heterocycles. The second kappa shape index (κ2) is 8.96. The fraction of sp³-hybridized carbons (Fsp3) is 0.500. The number of ketones is 1. The molecule has 2 amide bonds. The number of carbonyl (C=O) groups is 3. The van der Waals surface area contributed by atoms with Crippen molar-refractivity contribution in [3.63, 3.8) is 0 Å². The van der Waals surface area contributed by atoms with E-state index in [9.17, 15) is 36.3 Å². The van der Waals surface area contributed by atoms with E-state index in [1.807, 2.05) is 0 Å². The smallest absolute Gasteiger partial charge is 0.312 e. The number of amides is 2. The van der Waals surface area contributed by atoms with E-state index in [1.165, 1.54) is 6.92 Å². The first-order valence-electron chi connectivity index (χ1n) is 10.8. The molecule has 35 heavy (non-hydrogen) atoms. The highest BCUT2D eigenvalue weighted by Crippen LogP contribution is 2.51. The Bertz CT molecular complexity index is 1140. The normalized spacial score (nSPS) is 24.5. The molecule has 0 spiro atoms. The number of hydrogen-bond acceptors (Lipinski definition) is 5. The maximum absolute atomic E-state index is 13.7. The number of hydrogen-bond donors (Lipinski definition) is 1. The van der Waals surface area contributed by atoms with E-state index in [2.05, 4.69) is 15.5 Å². The third kappa shape index (κ3) is 4.67. The molecular formula is C22H20ClF5N4O3. The van der Waals surface area contributed by atoms with Crippen LogP contribution in [-0.4, -0.2) is 53.1 Å². The molecule has 7 nitrogen and oxygen atoms in total. The van der Waals surface area contributed by atoms with Crippen LogP contribution >= 0.6 is 11.6 Å². The molecule has 4 rings (SSSR count). The lowest BCUT2D eigenvalue weighted by molar-refractivity contribution is -0.154. The van der Waals surface area contributed by atoms with Gasteiger partial charge in [-0.05, 0) is 31.0 Å². The summed E-state index contributed by atoms with van der Waals surface area (Å²) >= 11 is 6.03. The van der Waals surface area contributed by atoms with Crippen LogP contribution < -0.4 is 5.32 Å². The van der Waals surface area contributed by atoms with Gasteiger partial charge in [0.1, 0.15) is 11.5 Å². The Hall–Kier alpha value is -2.89. The molecule has 1 aliphatic carbocycles. The van der Waals surface area contributed by atoms with Crippen LogP contribution in [-0.2, 0) is 20.8 Å². The highest BCUT2D eigenvalue weighted by molar-refractivity contribution is 6.35. The molecule has 2 aliphatic heterocycles. The van der Waals surface area contributed by atoms with Gasteiger partial charge in [-0.2, -0.15) is 10.2 Å². The van der Waals surface area contributed by atoms with E-state index in [0.29, 0.717) is 0 Å². The fourth-order valence-electron chi connectivity index (χ4n) is 4.90. The first kappa shape index (κ1) is 25.2. The van der Waals surface area contributed by atoms with Gasteiger partial charge in [0.15, 0.2) is 17.5 Å². The van der Waals surface area contributed by atoms with Crippen molar-refractivity contribution < 1.29 is 36.3 Å². The van der Waals surface area contributed by atoms with Crippen molar-refractivity contribution in [2.24, 2.45) is 16.1 Å². The zero-order valence-corrected chi connectivity index (χ0v) is 19.1. The number of nitrogens with one attached hydrogen (secondary N) is 1. The monoisotopic (exact) mass is 518 g/mol. The van der Waals surface area contributed by atoms with E-state index < -0.39 is 77.7 Å². The second-order valence-electron chi connectivity index (χ2n) is 9.05. The Morgan fingerprint density at radius 3 is 2.34 bits per heavy atom. The Labute approximate surface area is 201 Å². The lowest BCUT2D eigenvalue weighted by Crippen LogP contribution is -2.65. The number of benzene rings is 1. The number of halogens is 6. The number of likely N-dealkylation sites (tertiary alicyclic amines) is 1. The van der Waals surface area contributed by atoms with Crippen LogP contribution in [0.5, 0.6) is 0 Å². The molecular weight excluding hydrogens is 499 g/mol. The second-order valence-corrected chi connectivity index (χ2v) is 9.51. The third-order valence-electron chi connectivity index (χ3n) is 6.61. The maximum atomic E-state index is 13.7. The minimum Gasteiger partial charge on any atom is -0.336 e. The van der Waals surface area contributed by atoms with E-state index in [-0.39, 0.29) is 35.8 Å². The number of azo groups is 1. The molecule has 0 aromatic heterocycles. The summed E-state index contributed by atoms with van der Waals surface area (Å²) in [5.74, 6) is -10.9. The fourth-order valence-corrected chi connectivity index (χ4v) is 5.17. The molecule has 3 aliphatic rings. The summed E-state index contributed by atoms with van der Waals surface area (Å²) in [5, 5.41) is 9.90. The van der Waals surface area contributed by atoms with Crippen molar-refractivity contribution in [2.45, 2.75) is 50.1 Å². The molecule has 2 heterocycles. The molecule has 1 saturated carbocycles. The molecule has 1 aromatic rings. The molecule has 0 radical (unpaired) electrons. The highest BCUT2D eigenvalue weighted by Gasteiger charge is 2.61. The van der Waals surface area contributed by atoms with Crippen LogP contribution in [0.1, 0.15) is 31.7 Å². The highest BCUT2D eigenvalue weighted by atomic mass is 35.5. The first-order chi connectivity index (χ1) is 16.3. The predicted molar refractivity (Wildman–Crippen MR) is 112 cm³/mol. The maximum Gasteiger partial charge on any atom is 0.312 e. The van der Waals surface area contributed by atoms with Gasteiger partial charge in [0.25, 0.3) is 5.92 Å². The van der Waals surface area contributed by atoms with Gasteiger partial charge in [0.05, 0.1) is 17.1 Å². The van der Waals surface area contributed by atoms with Gasteiger partial charge >= 0.3 is 11.8 Å². The van der Waals surface area contributed by atoms with Crippen molar-refractivity contribution >= 4 is 29.2 Å². The Morgan fingerprint density at radius 1 is 1.17 bits per heavy atom. The van der Waals surface area contributed by atoms with Crippen LogP contribution in [0.25, 0.3) is 0 Å². The van der Waals surface area contributed by atoms with Crippen molar-refractivity contribution in [3.05, 3.63) is 45.9 Å². The summed E-state index contributed by atoms with van der Waals surface area (Å²) in [5.41, 5.74) is -1.69. The minimum absolute atomic E-state index is 0.00692. The standard InChI is InChI=1S/C22H20ClF5N4O3/c1-10-12(16(33)6-11-4-14(24)17(26)15(25)5-11)2-3-32(10)20(35)19(34)30-21(8-22(27,28)9-21)18-13(23)7-29-31-18/h4-5,10,12H,2-3,6-9H2,1H3,(H,30,34)/t10-,12-/m0/s1. The molecule has 1 aromatic carbocycles. The minimum atomic E-state index is -3.07. The van der Waals surface area contributed by atoms with Crippen LogP contribution in [0, 0.1) is 23.4 Å². The topological polar surface area (TPSA) is 91.2 Å². The van der Waals surface area contributed by atoms with Crippen LogP contribution in [0.2, 0.25) is 0 Å². The van der Waals surface area contributed by atoms with Crippen molar-refractivity contribution in [3.8, 4) is 0 Å². The molecule has 0 bridgehead atoms. The Kier molecular flexibility index (Phi) is 6.45. The van der Waals surface area contributed by atoms with Gasteiger partial charge in [0.2, 0.25) is 0 Å². The van der Waals surface area contributed by atoms with E-state index in [1.54, 1.807) is 0 Å². The Balaban J connectivity index is 1.43. The Morgan fingerprint density at radius 2 is 1.80 bits per heavy atom. The SMILES string of the molecule is C[C@H]1[C@@H](C(=O)Cc2cc(F)c(F)c(F)c2)CCN1C(=O)C(=O)NC1(C2=C(Cl)CN=N2)CC(F)(F)C1. The van der Waals surface area contributed by atoms with Crippen molar-refractivity contribution in [1.29, 1.82) is 0 Å². The summed E-state index contributed by atoms with van der Waals surface area (Å²) in [6.45, 7) is 1.55. The summed E-state index contributed by atoms with van der Waals surface area (Å²) in [7, 11) is 0. The van der Waals surface area contributed by atoms with Crippen molar-refractivity contribution in [1.82, 2.24) is 10.2 Å². The number of rotatable bonds is 5. The quantitative estimate of drug-likeness (QED) is 0.366. The zero-order chi connectivity index (χ0) is 25.7. The van der Waals surface area contributed by atoms with Crippen LogP contribution in [0.3, 0.4) is 0 Å².